The molecular weight excluding hydrogens is 483 g/mol. The van der Waals surface area contributed by atoms with Crippen molar-refractivity contribution in [2.24, 2.45) is 5.41 Å². The molecule has 1 aromatic heterocycles. The number of piperidine rings is 1. The number of nitrogens with zero attached hydrogens (tertiary/aromatic N) is 5. The first-order valence-corrected chi connectivity index (χ1v) is 14.4. The molecule has 4 rings (SSSR count). The molecule has 1 atom stereocenters. The van der Waals surface area contributed by atoms with Crippen LogP contribution < -0.4 is 9.80 Å². The molecule has 198 valence electrons. The molecule has 1 unspecified atom stereocenters. The second kappa shape index (κ2) is 10.4. The van der Waals surface area contributed by atoms with E-state index in [2.05, 4.69) is 9.97 Å². The van der Waals surface area contributed by atoms with E-state index >= 15 is 0 Å². The number of aromatic nitrogens is 2. The van der Waals surface area contributed by atoms with E-state index in [4.69, 9.17) is 4.74 Å². The van der Waals surface area contributed by atoms with E-state index in [1.165, 1.54) is 23.6 Å². The van der Waals surface area contributed by atoms with Gasteiger partial charge in [-0.3, -0.25) is 0 Å². The molecule has 3 fully saturated rings. The van der Waals surface area contributed by atoms with Gasteiger partial charge in [0.15, 0.2) is 0 Å². The summed E-state index contributed by atoms with van der Waals surface area (Å²) in [6.45, 7) is 4.55. The molecule has 0 radical (unpaired) electrons. The zero-order valence-corrected chi connectivity index (χ0v) is 21.4. The molecule has 0 N–H and O–H groups in total. The maximum atomic E-state index is 13.8. The van der Waals surface area contributed by atoms with Crippen LogP contribution in [0, 0.1) is 5.41 Å². The van der Waals surface area contributed by atoms with Crippen molar-refractivity contribution in [1.82, 2.24) is 14.3 Å². The van der Waals surface area contributed by atoms with E-state index < -0.39 is 28.1 Å². The van der Waals surface area contributed by atoms with Gasteiger partial charge in [0.1, 0.15) is 11.6 Å². The number of sulfonamides is 1. The van der Waals surface area contributed by atoms with Gasteiger partial charge in [0.25, 0.3) is 0 Å². The van der Waals surface area contributed by atoms with Crippen LogP contribution in [-0.4, -0.2) is 80.9 Å². The van der Waals surface area contributed by atoms with Crippen LogP contribution in [0.4, 0.5) is 24.8 Å². The summed E-state index contributed by atoms with van der Waals surface area (Å²) in [5.41, 5.74) is 0.162. The number of hydrogen-bond acceptors (Lipinski definition) is 7. The molecule has 35 heavy (non-hydrogen) atoms. The SMILES string of the molecule is CCN(CC1CN(S(C)(=O)=O)CCO1)c1cc(N2CCCC3(CCCCC3)C2)nc(C(F)(F)F)n1. The van der Waals surface area contributed by atoms with Crippen molar-refractivity contribution >= 4 is 21.7 Å². The van der Waals surface area contributed by atoms with Gasteiger partial charge in [-0.05, 0) is 38.0 Å². The number of hydrogen-bond donors (Lipinski definition) is 0. The number of anilines is 2. The Labute approximate surface area is 205 Å². The third-order valence-electron chi connectivity index (χ3n) is 7.55. The minimum Gasteiger partial charge on any atom is -0.374 e. The Morgan fingerprint density at radius 1 is 1.14 bits per heavy atom. The Balaban J connectivity index is 1.59. The van der Waals surface area contributed by atoms with Crippen molar-refractivity contribution in [1.29, 1.82) is 0 Å². The van der Waals surface area contributed by atoms with E-state index in [9.17, 15) is 21.6 Å². The average Bonchev–Trinajstić information content (AvgIpc) is 2.82. The third-order valence-corrected chi connectivity index (χ3v) is 8.82. The summed E-state index contributed by atoms with van der Waals surface area (Å²) in [5, 5.41) is 0. The summed E-state index contributed by atoms with van der Waals surface area (Å²) in [7, 11) is -3.37. The highest BCUT2D eigenvalue weighted by Gasteiger charge is 2.40. The van der Waals surface area contributed by atoms with E-state index in [1.54, 1.807) is 11.0 Å². The topological polar surface area (TPSA) is 78.9 Å². The number of alkyl halides is 3. The van der Waals surface area contributed by atoms with Crippen LogP contribution in [0.1, 0.15) is 57.7 Å². The Hall–Kier alpha value is -1.66. The molecule has 1 saturated carbocycles. The Bertz CT molecular complexity index is 980. The van der Waals surface area contributed by atoms with E-state index in [0.29, 0.717) is 18.9 Å². The Morgan fingerprint density at radius 3 is 2.51 bits per heavy atom. The fraction of sp³-hybridized carbons (Fsp3) is 0.826. The first-order chi connectivity index (χ1) is 16.5. The molecule has 3 aliphatic rings. The minimum atomic E-state index is -4.67. The number of halogens is 3. The standard InChI is InChI=1S/C23H36F3N5O3S/c1-3-29(15-18-16-31(12-13-34-18)35(2,32)33)19-14-20(28-21(27-19)23(24,25)26)30-11-7-10-22(17-30)8-5-4-6-9-22/h14,18H,3-13,15-17H2,1-2H3. The van der Waals surface area contributed by atoms with Crippen molar-refractivity contribution in [2.75, 3.05) is 61.9 Å². The van der Waals surface area contributed by atoms with Gasteiger partial charge in [-0.1, -0.05) is 19.3 Å². The fourth-order valence-corrected chi connectivity index (χ4v) is 6.56. The van der Waals surface area contributed by atoms with Crippen LogP contribution in [0.3, 0.4) is 0 Å². The van der Waals surface area contributed by atoms with Crippen molar-refractivity contribution in [3.8, 4) is 0 Å². The van der Waals surface area contributed by atoms with Gasteiger partial charge in [0, 0.05) is 45.3 Å². The van der Waals surface area contributed by atoms with E-state index in [0.717, 1.165) is 38.5 Å². The molecule has 0 bridgehead atoms. The summed E-state index contributed by atoms with van der Waals surface area (Å²) in [5.74, 6) is -0.644. The second-order valence-corrected chi connectivity index (χ2v) is 12.1. The molecular formula is C23H36F3N5O3S. The van der Waals surface area contributed by atoms with Gasteiger partial charge in [-0.25, -0.2) is 18.4 Å². The summed E-state index contributed by atoms with van der Waals surface area (Å²) >= 11 is 0. The van der Waals surface area contributed by atoms with Crippen molar-refractivity contribution in [2.45, 2.75) is 64.1 Å². The second-order valence-electron chi connectivity index (χ2n) is 10.1. The predicted molar refractivity (Wildman–Crippen MR) is 128 cm³/mol. The van der Waals surface area contributed by atoms with Gasteiger partial charge in [-0.2, -0.15) is 17.5 Å². The van der Waals surface area contributed by atoms with Crippen molar-refractivity contribution in [3.05, 3.63) is 11.9 Å². The Kier molecular flexibility index (Phi) is 7.82. The monoisotopic (exact) mass is 519 g/mol. The van der Waals surface area contributed by atoms with Crippen molar-refractivity contribution < 1.29 is 26.3 Å². The third kappa shape index (κ3) is 6.37. The van der Waals surface area contributed by atoms with Crippen LogP contribution in [-0.2, 0) is 20.9 Å². The molecule has 0 aromatic carbocycles. The molecule has 3 heterocycles. The molecule has 0 amide bonds. The number of morpholine rings is 1. The highest BCUT2D eigenvalue weighted by Crippen LogP contribution is 2.44. The quantitative estimate of drug-likeness (QED) is 0.569. The Morgan fingerprint density at radius 2 is 1.86 bits per heavy atom. The molecule has 1 aromatic rings. The number of ether oxygens (including phenoxy) is 1. The molecule has 1 spiro atoms. The highest BCUT2D eigenvalue weighted by atomic mass is 32.2. The zero-order chi connectivity index (χ0) is 25.3. The van der Waals surface area contributed by atoms with Gasteiger partial charge >= 0.3 is 6.18 Å². The maximum Gasteiger partial charge on any atom is 0.451 e. The van der Waals surface area contributed by atoms with Crippen LogP contribution >= 0.6 is 0 Å². The zero-order valence-electron chi connectivity index (χ0n) is 20.6. The largest absolute Gasteiger partial charge is 0.451 e. The summed E-state index contributed by atoms with van der Waals surface area (Å²) in [6, 6.07) is 1.65. The van der Waals surface area contributed by atoms with E-state index in [1.807, 2.05) is 11.8 Å². The van der Waals surface area contributed by atoms with Crippen molar-refractivity contribution in [3.63, 3.8) is 0 Å². The molecule has 2 aliphatic heterocycles. The van der Waals surface area contributed by atoms with E-state index in [-0.39, 0.29) is 37.5 Å². The van der Waals surface area contributed by atoms with Gasteiger partial charge in [-0.15, -0.1) is 0 Å². The molecule has 8 nitrogen and oxygen atoms in total. The van der Waals surface area contributed by atoms with Crippen LogP contribution in [0.5, 0.6) is 0 Å². The average molecular weight is 520 g/mol. The summed E-state index contributed by atoms with van der Waals surface area (Å²) in [4.78, 5) is 11.6. The molecule has 1 aliphatic carbocycles. The van der Waals surface area contributed by atoms with Gasteiger partial charge in [0.05, 0.1) is 19.0 Å². The molecule has 2 saturated heterocycles. The minimum absolute atomic E-state index is 0.161. The smallest absolute Gasteiger partial charge is 0.374 e. The van der Waals surface area contributed by atoms with Gasteiger partial charge in [0.2, 0.25) is 15.8 Å². The number of likely N-dealkylation sites (N-methyl/N-ethyl adjacent to an activating group) is 1. The molecule has 12 heteroatoms. The van der Waals surface area contributed by atoms with Crippen LogP contribution in [0.25, 0.3) is 0 Å². The van der Waals surface area contributed by atoms with Crippen LogP contribution in [0.2, 0.25) is 0 Å². The van der Waals surface area contributed by atoms with Crippen LogP contribution in [0.15, 0.2) is 6.07 Å². The fourth-order valence-electron chi connectivity index (χ4n) is 5.72. The first-order valence-electron chi connectivity index (χ1n) is 12.5. The normalized spacial score (nSPS) is 24.0. The summed E-state index contributed by atoms with van der Waals surface area (Å²) in [6.07, 6.45) is 3.87. The summed E-state index contributed by atoms with van der Waals surface area (Å²) < 4.78 is 72.5. The highest BCUT2D eigenvalue weighted by molar-refractivity contribution is 7.88. The lowest BCUT2D eigenvalue weighted by Gasteiger charge is -2.46. The maximum absolute atomic E-state index is 13.8. The van der Waals surface area contributed by atoms with Gasteiger partial charge < -0.3 is 14.5 Å². The first kappa shape index (κ1) is 26.4. The lowest BCUT2D eigenvalue weighted by atomic mass is 9.69. The lowest BCUT2D eigenvalue weighted by molar-refractivity contribution is -0.144. The lowest BCUT2D eigenvalue weighted by Crippen LogP contribution is -2.49. The predicted octanol–water partition coefficient (Wildman–Crippen LogP) is 3.53. The number of rotatable bonds is 6.